The quantitative estimate of drug-likeness (QED) is 0.905. The Morgan fingerprint density at radius 3 is 2.82 bits per heavy atom. The average Bonchev–Trinajstić information content (AvgIpc) is 2.91. The van der Waals surface area contributed by atoms with Crippen LogP contribution in [0.2, 0.25) is 0 Å². The van der Waals surface area contributed by atoms with E-state index in [0.717, 1.165) is 67.7 Å². The number of hydrogen-bond acceptors (Lipinski definition) is 6. The number of ether oxygens (including phenoxy) is 1. The van der Waals surface area contributed by atoms with Crippen LogP contribution in [-0.4, -0.2) is 54.3 Å². The molecule has 3 rings (SSSR count). The summed E-state index contributed by atoms with van der Waals surface area (Å²) in [5.74, 6) is 1.81. The topological polar surface area (TPSA) is 50.3 Å². The molecule has 0 atom stereocenters. The number of thiophene rings is 1. The van der Waals surface area contributed by atoms with Crippen LogP contribution < -0.4 is 5.32 Å². The number of rotatable bonds is 5. The smallest absolute Gasteiger partial charge is 0.138 e. The first kappa shape index (κ1) is 17.4. The van der Waals surface area contributed by atoms with Crippen molar-refractivity contribution < 1.29 is 4.74 Å². The molecule has 3 heterocycles. The van der Waals surface area contributed by atoms with Crippen molar-refractivity contribution in [2.45, 2.75) is 20.3 Å². The summed E-state index contributed by atoms with van der Waals surface area (Å²) in [4.78, 5) is 14.0. The van der Waals surface area contributed by atoms with E-state index in [1.165, 1.54) is 4.88 Å². The van der Waals surface area contributed by atoms with E-state index in [1.54, 1.807) is 11.3 Å². The zero-order chi connectivity index (χ0) is 14.7. The van der Waals surface area contributed by atoms with Gasteiger partial charge in [-0.05, 0) is 19.4 Å². The van der Waals surface area contributed by atoms with E-state index in [4.69, 9.17) is 4.74 Å². The number of nitrogens with zero attached hydrogens (tertiary/aromatic N) is 3. The van der Waals surface area contributed by atoms with Gasteiger partial charge in [-0.3, -0.25) is 4.90 Å². The predicted molar refractivity (Wildman–Crippen MR) is 94.5 cm³/mol. The lowest BCUT2D eigenvalue weighted by Gasteiger charge is -2.26. The molecule has 2 aromatic heterocycles. The second kappa shape index (κ2) is 8.06. The SMILES string of the molecule is CCc1cc2c(NCCN3CCOCC3)nc(C)nc2s1.Cl. The van der Waals surface area contributed by atoms with Gasteiger partial charge in [0.25, 0.3) is 0 Å². The van der Waals surface area contributed by atoms with Crippen LogP contribution in [0.3, 0.4) is 0 Å². The Kier molecular flexibility index (Phi) is 6.37. The minimum Gasteiger partial charge on any atom is -0.379 e. The fourth-order valence-electron chi connectivity index (χ4n) is 2.54. The lowest BCUT2D eigenvalue weighted by Crippen LogP contribution is -2.39. The number of fused-ring (bicyclic) bond motifs is 1. The van der Waals surface area contributed by atoms with Crippen molar-refractivity contribution in [1.29, 1.82) is 0 Å². The standard InChI is InChI=1S/C15H22N4OS.ClH/c1-3-12-10-13-14(17-11(2)18-15(13)21-12)16-4-5-19-6-8-20-9-7-19;/h10H,3-9H2,1-2H3,(H,16,17,18);1H. The van der Waals surface area contributed by atoms with Gasteiger partial charge in [0.1, 0.15) is 16.5 Å². The van der Waals surface area contributed by atoms with Gasteiger partial charge >= 0.3 is 0 Å². The van der Waals surface area contributed by atoms with Gasteiger partial charge in [0, 0.05) is 31.1 Å². The van der Waals surface area contributed by atoms with Crippen LogP contribution in [0, 0.1) is 6.92 Å². The maximum Gasteiger partial charge on any atom is 0.138 e. The first-order valence-electron chi connectivity index (χ1n) is 7.57. The molecule has 0 spiro atoms. The number of nitrogens with one attached hydrogen (secondary N) is 1. The third kappa shape index (κ3) is 4.07. The van der Waals surface area contributed by atoms with Crippen molar-refractivity contribution >= 4 is 39.8 Å². The molecule has 1 aliphatic heterocycles. The third-order valence-electron chi connectivity index (χ3n) is 3.73. The Hall–Kier alpha value is -0.950. The fourth-order valence-corrected chi connectivity index (χ4v) is 3.56. The Labute approximate surface area is 141 Å². The van der Waals surface area contributed by atoms with E-state index in [-0.39, 0.29) is 12.4 Å². The van der Waals surface area contributed by atoms with Gasteiger partial charge in [0.15, 0.2) is 0 Å². The lowest BCUT2D eigenvalue weighted by atomic mass is 10.3. The van der Waals surface area contributed by atoms with E-state index in [1.807, 2.05) is 6.92 Å². The number of hydrogen-bond donors (Lipinski definition) is 1. The maximum atomic E-state index is 5.37. The highest BCUT2D eigenvalue weighted by Crippen LogP contribution is 2.29. The molecule has 1 N–H and O–H groups in total. The summed E-state index contributed by atoms with van der Waals surface area (Å²) in [5, 5.41) is 4.64. The van der Waals surface area contributed by atoms with Crippen LogP contribution in [0.25, 0.3) is 10.2 Å². The van der Waals surface area contributed by atoms with Crippen molar-refractivity contribution in [2.75, 3.05) is 44.7 Å². The zero-order valence-corrected chi connectivity index (χ0v) is 14.7. The molecule has 0 radical (unpaired) electrons. The van der Waals surface area contributed by atoms with Gasteiger partial charge in [-0.25, -0.2) is 9.97 Å². The molecule has 0 saturated carbocycles. The molecule has 0 aliphatic carbocycles. The van der Waals surface area contributed by atoms with Gasteiger partial charge in [-0.15, -0.1) is 23.7 Å². The Balaban J connectivity index is 0.00000176. The largest absolute Gasteiger partial charge is 0.379 e. The van der Waals surface area contributed by atoms with E-state index in [2.05, 4.69) is 33.2 Å². The molecular formula is C15H23ClN4OS. The van der Waals surface area contributed by atoms with Crippen LogP contribution >= 0.6 is 23.7 Å². The number of morpholine rings is 1. The van der Waals surface area contributed by atoms with Crippen molar-refractivity contribution in [3.63, 3.8) is 0 Å². The molecule has 0 bridgehead atoms. The molecule has 122 valence electrons. The number of anilines is 1. The maximum absolute atomic E-state index is 5.37. The van der Waals surface area contributed by atoms with Gasteiger partial charge in [0.2, 0.25) is 0 Å². The minimum atomic E-state index is 0. The number of halogens is 1. The number of aryl methyl sites for hydroxylation is 2. The van der Waals surface area contributed by atoms with Crippen molar-refractivity contribution in [3.8, 4) is 0 Å². The monoisotopic (exact) mass is 342 g/mol. The second-order valence-corrected chi connectivity index (χ2v) is 6.40. The Bertz CT molecular complexity index is 613. The molecular weight excluding hydrogens is 320 g/mol. The highest BCUT2D eigenvalue weighted by atomic mass is 35.5. The van der Waals surface area contributed by atoms with Crippen molar-refractivity contribution in [1.82, 2.24) is 14.9 Å². The Morgan fingerprint density at radius 2 is 2.09 bits per heavy atom. The highest BCUT2D eigenvalue weighted by molar-refractivity contribution is 7.18. The van der Waals surface area contributed by atoms with Crippen LogP contribution in [0.4, 0.5) is 5.82 Å². The summed E-state index contributed by atoms with van der Waals surface area (Å²) in [7, 11) is 0. The summed E-state index contributed by atoms with van der Waals surface area (Å²) in [6.07, 6.45) is 1.05. The fraction of sp³-hybridized carbons (Fsp3) is 0.600. The van der Waals surface area contributed by atoms with Crippen LogP contribution in [0.1, 0.15) is 17.6 Å². The van der Waals surface area contributed by atoms with Crippen LogP contribution in [0.15, 0.2) is 6.07 Å². The van der Waals surface area contributed by atoms with Gasteiger partial charge < -0.3 is 10.1 Å². The molecule has 5 nitrogen and oxygen atoms in total. The summed E-state index contributed by atoms with van der Waals surface area (Å²) in [6, 6.07) is 2.22. The van der Waals surface area contributed by atoms with Crippen LogP contribution in [-0.2, 0) is 11.2 Å². The second-order valence-electron chi connectivity index (χ2n) is 5.29. The minimum absolute atomic E-state index is 0. The molecule has 0 aromatic carbocycles. The molecule has 1 aliphatic rings. The summed E-state index contributed by atoms with van der Waals surface area (Å²) in [5.41, 5.74) is 0. The summed E-state index contributed by atoms with van der Waals surface area (Å²) in [6.45, 7) is 9.81. The van der Waals surface area contributed by atoms with Gasteiger partial charge in [-0.2, -0.15) is 0 Å². The summed E-state index contributed by atoms with van der Waals surface area (Å²) >= 11 is 1.77. The predicted octanol–water partition coefficient (Wildman–Crippen LogP) is 2.73. The molecule has 0 unspecified atom stereocenters. The molecule has 22 heavy (non-hydrogen) atoms. The molecule has 1 fully saturated rings. The average molecular weight is 343 g/mol. The lowest BCUT2D eigenvalue weighted by molar-refractivity contribution is 0.0398. The molecule has 7 heteroatoms. The van der Waals surface area contributed by atoms with Gasteiger partial charge in [-0.1, -0.05) is 6.92 Å². The normalized spacial score (nSPS) is 15.7. The van der Waals surface area contributed by atoms with E-state index < -0.39 is 0 Å². The first-order chi connectivity index (χ1) is 10.3. The molecule has 1 saturated heterocycles. The molecule has 0 amide bonds. The highest BCUT2D eigenvalue weighted by Gasteiger charge is 2.12. The summed E-state index contributed by atoms with van der Waals surface area (Å²) < 4.78 is 5.37. The number of aromatic nitrogens is 2. The van der Waals surface area contributed by atoms with E-state index in [0.29, 0.717) is 0 Å². The van der Waals surface area contributed by atoms with Crippen LogP contribution in [0.5, 0.6) is 0 Å². The zero-order valence-electron chi connectivity index (χ0n) is 13.1. The van der Waals surface area contributed by atoms with E-state index >= 15 is 0 Å². The first-order valence-corrected chi connectivity index (χ1v) is 8.39. The molecule has 2 aromatic rings. The third-order valence-corrected chi connectivity index (χ3v) is 4.90. The van der Waals surface area contributed by atoms with Gasteiger partial charge in [0.05, 0.1) is 18.6 Å². The van der Waals surface area contributed by atoms with E-state index in [9.17, 15) is 0 Å². The van der Waals surface area contributed by atoms with Crippen molar-refractivity contribution in [3.05, 3.63) is 16.8 Å². The van der Waals surface area contributed by atoms with Crippen molar-refractivity contribution in [2.24, 2.45) is 0 Å². The Morgan fingerprint density at radius 1 is 1.32 bits per heavy atom.